The molecule has 0 bridgehead atoms. The van der Waals surface area contributed by atoms with Crippen LogP contribution in [0.1, 0.15) is 0 Å². The van der Waals surface area contributed by atoms with Crippen LogP contribution in [0.3, 0.4) is 0 Å². The van der Waals surface area contributed by atoms with Crippen molar-refractivity contribution < 1.29 is 14.6 Å². The molecule has 0 unspecified atom stereocenters. The van der Waals surface area contributed by atoms with Crippen LogP contribution in [-0.4, -0.2) is 29.5 Å². The number of aromatic nitrogens is 2. The van der Waals surface area contributed by atoms with Crippen LogP contribution in [-0.2, 0) is 0 Å². The van der Waals surface area contributed by atoms with Crippen molar-refractivity contribution in [1.82, 2.24) is 10.2 Å². The van der Waals surface area contributed by atoms with E-state index in [4.69, 9.17) is 9.47 Å². The summed E-state index contributed by atoms with van der Waals surface area (Å²) in [7, 11) is 3.08. The van der Waals surface area contributed by atoms with E-state index in [1.807, 2.05) is 0 Å². The monoisotopic (exact) mass is 206 g/mol. The van der Waals surface area contributed by atoms with Gasteiger partial charge in [-0.05, 0) is 6.07 Å². The van der Waals surface area contributed by atoms with E-state index in [9.17, 15) is 5.11 Å². The van der Waals surface area contributed by atoms with Crippen molar-refractivity contribution in [3.05, 3.63) is 18.3 Å². The molecule has 2 aromatic rings. The minimum Gasteiger partial charge on any atom is -0.506 e. The normalized spacial score (nSPS) is 10.3. The summed E-state index contributed by atoms with van der Waals surface area (Å²) >= 11 is 0. The molecule has 1 aromatic heterocycles. The van der Waals surface area contributed by atoms with Gasteiger partial charge in [0.15, 0.2) is 11.5 Å². The van der Waals surface area contributed by atoms with E-state index < -0.39 is 0 Å². The quantitative estimate of drug-likeness (QED) is 0.803. The predicted molar refractivity (Wildman–Crippen MR) is 54.3 cm³/mol. The highest BCUT2D eigenvalue weighted by Crippen LogP contribution is 2.34. The van der Waals surface area contributed by atoms with Crippen molar-refractivity contribution in [2.24, 2.45) is 0 Å². The van der Waals surface area contributed by atoms with Crippen molar-refractivity contribution in [2.75, 3.05) is 14.2 Å². The summed E-state index contributed by atoms with van der Waals surface area (Å²) in [5.41, 5.74) is 0.563. The van der Waals surface area contributed by atoms with Gasteiger partial charge in [0.25, 0.3) is 0 Å². The lowest BCUT2D eigenvalue weighted by Gasteiger charge is -2.08. The Morgan fingerprint density at radius 1 is 1.13 bits per heavy atom. The fourth-order valence-electron chi connectivity index (χ4n) is 1.37. The molecule has 5 heteroatoms. The third kappa shape index (κ3) is 1.52. The summed E-state index contributed by atoms with van der Waals surface area (Å²) in [6, 6.07) is 3.33. The van der Waals surface area contributed by atoms with Crippen molar-refractivity contribution in [3.63, 3.8) is 0 Å². The van der Waals surface area contributed by atoms with Gasteiger partial charge < -0.3 is 14.6 Å². The number of rotatable bonds is 2. The minimum absolute atomic E-state index is 0.0703. The summed E-state index contributed by atoms with van der Waals surface area (Å²) in [5, 5.41) is 17.7. The van der Waals surface area contributed by atoms with Gasteiger partial charge in [-0.2, -0.15) is 10.2 Å². The Morgan fingerprint density at radius 2 is 1.80 bits per heavy atom. The molecule has 1 heterocycles. The highest BCUT2D eigenvalue weighted by atomic mass is 16.5. The lowest BCUT2D eigenvalue weighted by molar-refractivity contribution is 0.355. The van der Waals surface area contributed by atoms with Gasteiger partial charge in [0.1, 0.15) is 11.3 Å². The van der Waals surface area contributed by atoms with Crippen LogP contribution < -0.4 is 9.47 Å². The molecule has 0 aliphatic rings. The van der Waals surface area contributed by atoms with E-state index >= 15 is 0 Å². The number of hydrogen-bond acceptors (Lipinski definition) is 5. The zero-order chi connectivity index (χ0) is 10.8. The van der Waals surface area contributed by atoms with Gasteiger partial charge in [-0.1, -0.05) is 0 Å². The van der Waals surface area contributed by atoms with Gasteiger partial charge in [-0.15, -0.1) is 0 Å². The molecule has 2 rings (SSSR count). The SMILES string of the molecule is COc1cc2nncc(O)c2cc1OC. The largest absolute Gasteiger partial charge is 0.506 e. The van der Waals surface area contributed by atoms with Gasteiger partial charge in [0, 0.05) is 11.5 Å². The number of aromatic hydroxyl groups is 1. The lowest BCUT2D eigenvalue weighted by Crippen LogP contribution is -1.92. The van der Waals surface area contributed by atoms with Crippen molar-refractivity contribution >= 4 is 10.9 Å². The van der Waals surface area contributed by atoms with Crippen LogP contribution in [0, 0.1) is 0 Å². The van der Waals surface area contributed by atoms with Crippen molar-refractivity contribution in [3.8, 4) is 17.2 Å². The molecule has 15 heavy (non-hydrogen) atoms. The molecule has 5 nitrogen and oxygen atoms in total. The molecule has 78 valence electrons. The van der Waals surface area contributed by atoms with Crippen molar-refractivity contribution in [2.45, 2.75) is 0 Å². The Balaban J connectivity index is 2.75. The van der Waals surface area contributed by atoms with Crippen molar-refractivity contribution in [1.29, 1.82) is 0 Å². The summed E-state index contributed by atoms with van der Waals surface area (Å²) in [5.74, 6) is 1.18. The highest BCUT2D eigenvalue weighted by Gasteiger charge is 2.09. The molecule has 0 aliphatic heterocycles. The molecule has 1 aromatic carbocycles. The Hall–Kier alpha value is -2.04. The minimum atomic E-state index is 0.0703. The van der Waals surface area contributed by atoms with Gasteiger partial charge >= 0.3 is 0 Å². The van der Waals surface area contributed by atoms with Gasteiger partial charge in [-0.25, -0.2) is 0 Å². The summed E-state index contributed by atoms with van der Waals surface area (Å²) in [6.07, 6.45) is 1.29. The van der Waals surface area contributed by atoms with Crippen LogP contribution in [0.25, 0.3) is 10.9 Å². The third-order valence-corrected chi connectivity index (χ3v) is 2.12. The predicted octanol–water partition coefficient (Wildman–Crippen LogP) is 1.35. The van der Waals surface area contributed by atoms with Gasteiger partial charge in [0.2, 0.25) is 0 Å². The van der Waals surface area contributed by atoms with Crippen LogP contribution in [0.5, 0.6) is 17.2 Å². The Morgan fingerprint density at radius 3 is 2.47 bits per heavy atom. The molecular formula is C10H10N2O3. The second-order valence-corrected chi connectivity index (χ2v) is 2.95. The Bertz CT molecular complexity index is 499. The lowest BCUT2D eigenvalue weighted by atomic mass is 10.2. The van der Waals surface area contributed by atoms with E-state index in [-0.39, 0.29) is 5.75 Å². The zero-order valence-electron chi connectivity index (χ0n) is 8.39. The number of ether oxygens (including phenoxy) is 2. The number of nitrogens with zero attached hydrogens (tertiary/aromatic N) is 2. The van der Waals surface area contributed by atoms with Crippen LogP contribution in [0.2, 0.25) is 0 Å². The van der Waals surface area contributed by atoms with Crippen LogP contribution >= 0.6 is 0 Å². The number of methoxy groups -OCH3 is 2. The smallest absolute Gasteiger partial charge is 0.162 e. The van der Waals surface area contributed by atoms with Crippen LogP contribution in [0.15, 0.2) is 18.3 Å². The molecular weight excluding hydrogens is 196 g/mol. The Kier molecular flexibility index (Phi) is 2.29. The number of benzene rings is 1. The molecule has 0 aliphatic carbocycles. The molecule has 0 atom stereocenters. The summed E-state index contributed by atoms with van der Waals surface area (Å²) in [6.45, 7) is 0. The third-order valence-electron chi connectivity index (χ3n) is 2.12. The summed E-state index contributed by atoms with van der Waals surface area (Å²) in [4.78, 5) is 0. The second kappa shape index (κ2) is 3.61. The molecule has 0 fully saturated rings. The Labute approximate surface area is 86.3 Å². The highest BCUT2D eigenvalue weighted by molar-refractivity contribution is 5.87. The van der Waals surface area contributed by atoms with Crippen LogP contribution in [0.4, 0.5) is 0 Å². The van der Waals surface area contributed by atoms with E-state index in [0.29, 0.717) is 22.4 Å². The van der Waals surface area contributed by atoms with E-state index in [1.165, 1.54) is 13.3 Å². The molecule has 0 spiro atoms. The molecule has 1 N–H and O–H groups in total. The van der Waals surface area contributed by atoms with E-state index in [0.717, 1.165) is 0 Å². The standard InChI is InChI=1S/C10H10N2O3/c1-14-9-3-6-7(4-10(9)15-2)12-11-5-8(6)13/h3-5H,1-2H3,(H,12,13). The second-order valence-electron chi connectivity index (χ2n) is 2.95. The first kappa shape index (κ1) is 9.51. The molecule has 0 saturated heterocycles. The first-order valence-electron chi connectivity index (χ1n) is 4.32. The number of hydrogen-bond donors (Lipinski definition) is 1. The maximum Gasteiger partial charge on any atom is 0.162 e. The number of fused-ring (bicyclic) bond motifs is 1. The fourth-order valence-corrected chi connectivity index (χ4v) is 1.37. The van der Waals surface area contributed by atoms with Gasteiger partial charge in [-0.3, -0.25) is 0 Å². The van der Waals surface area contributed by atoms with Gasteiger partial charge in [0.05, 0.1) is 20.4 Å². The maximum atomic E-state index is 9.56. The molecule has 0 amide bonds. The first-order chi connectivity index (χ1) is 7.26. The average Bonchev–Trinajstić information content (AvgIpc) is 2.28. The fraction of sp³-hybridized carbons (Fsp3) is 0.200. The maximum absolute atomic E-state index is 9.56. The zero-order valence-corrected chi connectivity index (χ0v) is 8.39. The van der Waals surface area contributed by atoms with E-state index in [2.05, 4.69) is 10.2 Å². The van der Waals surface area contributed by atoms with E-state index in [1.54, 1.807) is 19.2 Å². The first-order valence-corrected chi connectivity index (χ1v) is 4.32. The summed E-state index contributed by atoms with van der Waals surface area (Å²) < 4.78 is 10.2. The average molecular weight is 206 g/mol. The molecule has 0 saturated carbocycles. The molecule has 0 radical (unpaired) electrons. The topological polar surface area (TPSA) is 64.5 Å².